The number of hydrogen-bond donors (Lipinski definition) is 0. The SMILES string of the molecule is CC.CC.CC.CCS/C=C/c1ncccc1C. The van der Waals surface area contributed by atoms with Crippen molar-refractivity contribution in [1.29, 1.82) is 0 Å². The second-order valence-corrected chi connectivity index (χ2v) is 3.65. The number of hydrogen-bond acceptors (Lipinski definition) is 2. The first-order valence-electron chi connectivity index (χ1n) is 7.04. The molecule has 1 aromatic heterocycles. The lowest BCUT2D eigenvalue weighted by atomic mass is 10.2. The summed E-state index contributed by atoms with van der Waals surface area (Å²) in [5.41, 5.74) is 2.30. The molecule has 1 heterocycles. The Hall–Kier alpha value is -0.760. The third-order valence-electron chi connectivity index (χ3n) is 1.54. The molecule has 1 rings (SSSR count). The zero-order chi connectivity index (χ0) is 14.8. The van der Waals surface area contributed by atoms with Gasteiger partial charge in [-0.05, 0) is 35.8 Å². The Morgan fingerprint density at radius 3 is 2.11 bits per heavy atom. The maximum Gasteiger partial charge on any atom is 0.0663 e. The molecule has 106 valence electrons. The van der Waals surface area contributed by atoms with E-state index >= 15 is 0 Å². The molecule has 0 fully saturated rings. The lowest BCUT2D eigenvalue weighted by molar-refractivity contribution is 1.24. The van der Waals surface area contributed by atoms with E-state index in [1.54, 1.807) is 11.8 Å². The molecule has 0 radical (unpaired) electrons. The Kier molecular flexibility index (Phi) is 26.8. The third kappa shape index (κ3) is 13.3. The van der Waals surface area contributed by atoms with Gasteiger partial charge in [-0.1, -0.05) is 54.5 Å². The smallest absolute Gasteiger partial charge is 0.0663 e. The average Bonchev–Trinajstić information content (AvgIpc) is 2.48. The minimum Gasteiger partial charge on any atom is -0.257 e. The molecule has 0 aromatic carbocycles. The predicted octanol–water partition coefficient (Wildman–Crippen LogP) is 6.19. The molecule has 0 saturated heterocycles. The second-order valence-electron chi connectivity index (χ2n) is 2.46. The van der Waals surface area contributed by atoms with E-state index in [4.69, 9.17) is 0 Å². The maximum atomic E-state index is 4.25. The van der Waals surface area contributed by atoms with Crippen LogP contribution in [0.1, 0.15) is 59.7 Å². The highest BCUT2D eigenvalue weighted by Crippen LogP contribution is 2.09. The molecule has 0 spiro atoms. The summed E-state index contributed by atoms with van der Waals surface area (Å²) in [6.45, 7) is 16.2. The Balaban J connectivity index is -0.000000328. The van der Waals surface area contributed by atoms with Crippen molar-refractivity contribution >= 4 is 17.8 Å². The van der Waals surface area contributed by atoms with Gasteiger partial charge in [-0.2, -0.15) is 0 Å². The Morgan fingerprint density at radius 2 is 1.67 bits per heavy atom. The van der Waals surface area contributed by atoms with Crippen LogP contribution in [0.3, 0.4) is 0 Å². The molecule has 0 aliphatic rings. The van der Waals surface area contributed by atoms with E-state index in [1.807, 2.05) is 53.8 Å². The topological polar surface area (TPSA) is 12.9 Å². The molecule has 0 aliphatic heterocycles. The minimum absolute atomic E-state index is 1.07. The van der Waals surface area contributed by atoms with Gasteiger partial charge in [-0.3, -0.25) is 4.98 Å². The standard InChI is InChI=1S/C10H13NS.3C2H6/c1-3-12-8-6-10-9(2)5-4-7-11-10;3*1-2/h4-8H,3H2,1-2H3;3*1-2H3/b8-6+;;;. The largest absolute Gasteiger partial charge is 0.257 e. The molecule has 0 saturated carbocycles. The Bertz CT molecular complexity index is 270. The summed E-state index contributed by atoms with van der Waals surface area (Å²) in [6, 6.07) is 4.03. The first kappa shape index (κ1) is 22.4. The van der Waals surface area contributed by atoms with Gasteiger partial charge in [0.1, 0.15) is 0 Å². The van der Waals surface area contributed by atoms with Crippen LogP contribution >= 0.6 is 11.8 Å². The molecule has 0 amide bonds. The molecule has 0 atom stereocenters. The van der Waals surface area contributed by atoms with E-state index in [-0.39, 0.29) is 0 Å². The van der Waals surface area contributed by atoms with Gasteiger partial charge in [-0.15, -0.1) is 11.8 Å². The van der Waals surface area contributed by atoms with E-state index in [0.29, 0.717) is 0 Å². The highest BCUT2D eigenvalue weighted by molar-refractivity contribution is 8.02. The number of pyridine rings is 1. The zero-order valence-corrected chi connectivity index (χ0v) is 14.3. The molecule has 18 heavy (non-hydrogen) atoms. The van der Waals surface area contributed by atoms with E-state index in [0.717, 1.165) is 11.4 Å². The molecular formula is C16H31NS. The summed E-state index contributed by atoms with van der Waals surface area (Å²) >= 11 is 1.79. The summed E-state index contributed by atoms with van der Waals surface area (Å²) in [5.74, 6) is 1.11. The van der Waals surface area contributed by atoms with Gasteiger partial charge in [0.15, 0.2) is 0 Å². The van der Waals surface area contributed by atoms with Gasteiger partial charge in [-0.25, -0.2) is 0 Å². The third-order valence-corrected chi connectivity index (χ3v) is 2.20. The van der Waals surface area contributed by atoms with Crippen molar-refractivity contribution in [2.24, 2.45) is 0 Å². The van der Waals surface area contributed by atoms with Crippen LogP contribution in [0.5, 0.6) is 0 Å². The number of rotatable bonds is 3. The van der Waals surface area contributed by atoms with Crippen molar-refractivity contribution in [3.8, 4) is 0 Å². The fourth-order valence-corrected chi connectivity index (χ4v) is 1.30. The summed E-state index contributed by atoms with van der Waals surface area (Å²) < 4.78 is 0. The summed E-state index contributed by atoms with van der Waals surface area (Å²) in [4.78, 5) is 4.25. The fraction of sp³-hybridized carbons (Fsp3) is 0.562. The Labute approximate surface area is 119 Å². The average molecular weight is 269 g/mol. The van der Waals surface area contributed by atoms with Crippen LogP contribution < -0.4 is 0 Å². The zero-order valence-electron chi connectivity index (χ0n) is 13.4. The highest BCUT2D eigenvalue weighted by Gasteiger charge is 1.90. The maximum absolute atomic E-state index is 4.25. The molecule has 0 unspecified atom stereocenters. The number of aryl methyl sites for hydroxylation is 1. The van der Waals surface area contributed by atoms with Gasteiger partial charge in [0.2, 0.25) is 0 Å². The van der Waals surface area contributed by atoms with Crippen LogP contribution in [-0.4, -0.2) is 10.7 Å². The molecule has 2 heteroatoms. The number of aromatic nitrogens is 1. The van der Waals surface area contributed by atoms with Crippen LogP contribution in [0.2, 0.25) is 0 Å². The fourth-order valence-electron chi connectivity index (χ4n) is 0.881. The molecule has 0 aliphatic carbocycles. The molecule has 1 aromatic rings. The molecule has 0 bridgehead atoms. The van der Waals surface area contributed by atoms with Crippen LogP contribution in [0, 0.1) is 6.92 Å². The first-order valence-corrected chi connectivity index (χ1v) is 8.09. The van der Waals surface area contributed by atoms with Crippen LogP contribution in [-0.2, 0) is 0 Å². The monoisotopic (exact) mass is 269 g/mol. The number of nitrogens with zero attached hydrogens (tertiary/aromatic N) is 1. The van der Waals surface area contributed by atoms with Gasteiger partial charge >= 0.3 is 0 Å². The molecular weight excluding hydrogens is 238 g/mol. The van der Waals surface area contributed by atoms with Gasteiger partial charge in [0, 0.05) is 6.20 Å². The summed E-state index contributed by atoms with van der Waals surface area (Å²) in [5, 5.41) is 2.09. The van der Waals surface area contributed by atoms with E-state index < -0.39 is 0 Å². The summed E-state index contributed by atoms with van der Waals surface area (Å²) in [7, 11) is 0. The van der Waals surface area contributed by atoms with Crippen molar-refractivity contribution in [2.75, 3.05) is 5.75 Å². The normalized spacial score (nSPS) is 8.22. The first-order chi connectivity index (χ1) is 8.84. The lowest BCUT2D eigenvalue weighted by Gasteiger charge is -1.96. The molecule has 0 N–H and O–H groups in total. The lowest BCUT2D eigenvalue weighted by Crippen LogP contribution is -1.83. The van der Waals surface area contributed by atoms with Crippen molar-refractivity contribution in [1.82, 2.24) is 4.98 Å². The van der Waals surface area contributed by atoms with E-state index in [1.165, 1.54) is 5.56 Å². The highest BCUT2D eigenvalue weighted by atomic mass is 32.2. The minimum atomic E-state index is 1.07. The predicted molar refractivity (Wildman–Crippen MR) is 90.2 cm³/mol. The van der Waals surface area contributed by atoms with E-state index in [2.05, 4.69) is 36.4 Å². The van der Waals surface area contributed by atoms with Gasteiger partial charge in [0.05, 0.1) is 5.69 Å². The van der Waals surface area contributed by atoms with E-state index in [9.17, 15) is 0 Å². The van der Waals surface area contributed by atoms with Gasteiger partial charge in [0.25, 0.3) is 0 Å². The second kappa shape index (κ2) is 21.5. The van der Waals surface area contributed by atoms with Crippen molar-refractivity contribution in [2.45, 2.75) is 55.4 Å². The molecule has 1 nitrogen and oxygen atoms in total. The summed E-state index contributed by atoms with van der Waals surface area (Å²) in [6.07, 6.45) is 3.88. The quantitative estimate of drug-likeness (QED) is 0.648. The van der Waals surface area contributed by atoms with Crippen molar-refractivity contribution < 1.29 is 0 Å². The van der Waals surface area contributed by atoms with Crippen LogP contribution in [0.25, 0.3) is 6.08 Å². The van der Waals surface area contributed by atoms with Gasteiger partial charge < -0.3 is 0 Å². The van der Waals surface area contributed by atoms with Crippen molar-refractivity contribution in [3.05, 3.63) is 35.0 Å². The van der Waals surface area contributed by atoms with Crippen LogP contribution in [0.15, 0.2) is 23.7 Å². The number of thioether (sulfide) groups is 1. The Morgan fingerprint density at radius 1 is 1.11 bits per heavy atom. The van der Waals surface area contributed by atoms with Crippen molar-refractivity contribution in [3.63, 3.8) is 0 Å². The van der Waals surface area contributed by atoms with Crippen LogP contribution in [0.4, 0.5) is 0 Å².